The Balaban J connectivity index is 2.37. The Hall–Kier alpha value is -2.22. The van der Waals surface area contributed by atoms with Gasteiger partial charge in [0.05, 0.1) is 7.11 Å². The predicted molar refractivity (Wildman–Crippen MR) is 87.2 cm³/mol. The average Bonchev–Trinajstić information content (AvgIpc) is 2.76. The first-order valence-corrected chi connectivity index (χ1v) is 7.16. The van der Waals surface area contributed by atoms with E-state index in [1.54, 1.807) is 7.11 Å². The highest BCUT2D eigenvalue weighted by atomic mass is 16.5. The van der Waals surface area contributed by atoms with E-state index >= 15 is 0 Å². The molecule has 0 aliphatic rings. The third-order valence-corrected chi connectivity index (χ3v) is 4.10. The van der Waals surface area contributed by atoms with E-state index in [4.69, 9.17) is 9.15 Å². The number of furan rings is 1. The second-order valence-electron chi connectivity index (χ2n) is 5.67. The largest absolute Gasteiger partial charge is 0.496 e. The van der Waals surface area contributed by atoms with Crippen LogP contribution in [0, 0.1) is 27.7 Å². The van der Waals surface area contributed by atoms with Gasteiger partial charge >= 0.3 is 0 Å². The van der Waals surface area contributed by atoms with Gasteiger partial charge in [-0.2, -0.15) is 0 Å². The topological polar surface area (TPSA) is 22.4 Å². The molecule has 0 radical (unpaired) electrons. The van der Waals surface area contributed by atoms with Crippen LogP contribution >= 0.6 is 0 Å². The van der Waals surface area contributed by atoms with Crippen LogP contribution in [0.3, 0.4) is 0 Å². The van der Waals surface area contributed by atoms with Crippen molar-refractivity contribution in [1.82, 2.24) is 0 Å². The minimum atomic E-state index is 0.894. The van der Waals surface area contributed by atoms with Crippen LogP contribution in [0.2, 0.25) is 0 Å². The molecule has 108 valence electrons. The molecular formula is C19H20O2. The van der Waals surface area contributed by atoms with Gasteiger partial charge in [0.15, 0.2) is 0 Å². The van der Waals surface area contributed by atoms with Crippen molar-refractivity contribution in [1.29, 1.82) is 0 Å². The van der Waals surface area contributed by atoms with Crippen molar-refractivity contribution in [2.24, 2.45) is 0 Å². The molecule has 1 heterocycles. The third-order valence-electron chi connectivity index (χ3n) is 4.10. The number of benzene rings is 2. The molecule has 3 aromatic rings. The molecule has 0 aliphatic heterocycles. The minimum Gasteiger partial charge on any atom is -0.496 e. The summed E-state index contributed by atoms with van der Waals surface area (Å²) in [5, 5.41) is 1.15. The molecule has 0 N–H and O–H groups in total. The molecule has 2 aromatic carbocycles. The predicted octanol–water partition coefficient (Wildman–Crippen LogP) is 5.34. The molecule has 0 amide bonds. The molecular weight excluding hydrogens is 260 g/mol. The number of rotatable bonds is 2. The minimum absolute atomic E-state index is 0.894. The van der Waals surface area contributed by atoms with Gasteiger partial charge in [-0.25, -0.2) is 0 Å². The molecule has 0 fully saturated rings. The molecule has 0 atom stereocenters. The van der Waals surface area contributed by atoms with E-state index in [1.165, 1.54) is 16.7 Å². The second-order valence-corrected chi connectivity index (χ2v) is 5.67. The van der Waals surface area contributed by atoms with Crippen molar-refractivity contribution < 1.29 is 9.15 Å². The summed E-state index contributed by atoms with van der Waals surface area (Å²) in [6, 6.07) is 10.6. The highest BCUT2D eigenvalue weighted by Crippen LogP contribution is 2.40. The molecule has 0 spiro atoms. The summed E-state index contributed by atoms with van der Waals surface area (Å²) in [7, 11) is 1.72. The summed E-state index contributed by atoms with van der Waals surface area (Å²) in [5.74, 6) is 1.82. The normalized spacial score (nSPS) is 11.1. The number of methoxy groups -OCH3 is 1. The van der Waals surface area contributed by atoms with E-state index in [9.17, 15) is 0 Å². The Kier molecular flexibility index (Phi) is 3.25. The van der Waals surface area contributed by atoms with Gasteiger partial charge < -0.3 is 9.15 Å². The number of hydrogen-bond donors (Lipinski definition) is 0. The van der Waals surface area contributed by atoms with E-state index in [2.05, 4.69) is 45.0 Å². The third kappa shape index (κ3) is 2.21. The number of aryl methyl sites for hydroxylation is 4. The van der Waals surface area contributed by atoms with Gasteiger partial charge in [-0.15, -0.1) is 0 Å². The van der Waals surface area contributed by atoms with E-state index in [0.29, 0.717) is 0 Å². The average molecular weight is 280 g/mol. The quantitative estimate of drug-likeness (QED) is 0.632. The van der Waals surface area contributed by atoms with Crippen LogP contribution in [0.25, 0.3) is 22.1 Å². The van der Waals surface area contributed by atoms with Crippen molar-refractivity contribution in [3.8, 4) is 16.9 Å². The van der Waals surface area contributed by atoms with E-state index in [1.807, 2.05) is 13.0 Å². The maximum atomic E-state index is 5.92. The lowest BCUT2D eigenvalue weighted by Crippen LogP contribution is -1.92. The maximum Gasteiger partial charge on any atom is 0.134 e. The zero-order chi connectivity index (χ0) is 15.1. The van der Waals surface area contributed by atoms with Crippen molar-refractivity contribution in [3.05, 3.63) is 52.8 Å². The summed E-state index contributed by atoms with van der Waals surface area (Å²) in [4.78, 5) is 0. The first kappa shape index (κ1) is 13.7. The second kappa shape index (κ2) is 4.96. The molecule has 2 heteroatoms. The first-order chi connectivity index (χ1) is 10.0. The summed E-state index contributed by atoms with van der Waals surface area (Å²) in [5.41, 5.74) is 6.88. The lowest BCUT2D eigenvalue weighted by atomic mass is 9.96. The van der Waals surface area contributed by atoms with Gasteiger partial charge in [-0.1, -0.05) is 11.6 Å². The molecule has 21 heavy (non-hydrogen) atoms. The summed E-state index contributed by atoms with van der Waals surface area (Å²) < 4.78 is 11.5. The zero-order valence-electron chi connectivity index (χ0n) is 13.2. The van der Waals surface area contributed by atoms with Gasteiger partial charge in [0.25, 0.3) is 0 Å². The van der Waals surface area contributed by atoms with Crippen molar-refractivity contribution in [2.75, 3.05) is 7.11 Å². The SMILES string of the molecule is COc1cc(C)c(C)cc1-c1c(C)oc2ccc(C)cc12. The van der Waals surface area contributed by atoms with Crippen LogP contribution in [0.4, 0.5) is 0 Å². The Labute approximate surface area is 125 Å². The summed E-state index contributed by atoms with van der Waals surface area (Å²) in [6.45, 7) is 8.34. The number of fused-ring (bicyclic) bond motifs is 1. The Morgan fingerprint density at radius 3 is 2.33 bits per heavy atom. The van der Waals surface area contributed by atoms with Gasteiger partial charge in [0.2, 0.25) is 0 Å². The molecule has 0 saturated heterocycles. The van der Waals surface area contributed by atoms with Gasteiger partial charge in [0.1, 0.15) is 17.1 Å². The summed E-state index contributed by atoms with van der Waals surface area (Å²) >= 11 is 0. The monoisotopic (exact) mass is 280 g/mol. The highest BCUT2D eigenvalue weighted by Gasteiger charge is 2.17. The number of hydrogen-bond acceptors (Lipinski definition) is 2. The molecule has 0 unspecified atom stereocenters. The van der Waals surface area contributed by atoms with Crippen LogP contribution in [-0.2, 0) is 0 Å². The molecule has 0 saturated carbocycles. The van der Waals surface area contributed by atoms with E-state index in [-0.39, 0.29) is 0 Å². The fraction of sp³-hybridized carbons (Fsp3) is 0.263. The standard InChI is InChI=1S/C19H20O2/c1-11-6-7-17-15(8-11)19(14(4)21-17)16-9-12(2)13(3)10-18(16)20-5/h6-10H,1-5H3. The Morgan fingerprint density at radius 1 is 0.905 bits per heavy atom. The van der Waals surface area contributed by atoms with Crippen LogP contribution < -0.4 is 4.74 Å². The Bertz CT molecular complexity index is 825. The van der Waals surface area contributed by atoms with Gasteiger partial charge in [0, 0.05) is 16.5 Å². The van der Waals surface area contributed by atoms with Crippen molar-refractivity contribution >= 4 is 11.0 Å². The van der Waals surface area contributed by atoms with E-state index < -0.39 is 0 Å². The fourth-order valence-electron chi connectivity index (χ4n) is 2.82. The fourth-order valence-corrected chi connectivity index (χ4v) is 2.82. The van der Waals surface area contributed by atoms with E-state index in [0.717, 1.165) is 33.6 Å². The van der Waals surface area contributed by atoms with Gasteiger partial charge in [-0.3, -0.25) is 0 Å². The highest BCUT2D eigenvalue weighted by molar-refractivity contribution is 5.97. The molecule has 1 aromatic heterocycles. The smallest absolute Gasteiger partial charge is 0.134 e. The van der Waals surface area contributed by atoms with Crippen LogP contribution in [-0.4, -0.2) is 7.11 Å². The van der Waals surface area contributed by atoms with Crippen molar-refractivity contribution in [2.45, 2.75) is 27.7 Å². The van der Waals surface area contributed by atoms with Gasteiger partial charge in [-0.05, 0) is 63.1 Å². The zero-order valence-corrected chi connectivity index (χ0v) is 13.2. The molecule has 3 rings (SSSR count). The summed E-state index contributed by atoms with van der Waals surface area (Å²) in [6.07, 6.45) is 0. The lowest BCUT2D eigenvalue weighted by molar-refractivity contribution is 0.416. The van der Waals surface area contributed by atoms with Crippen LogP contribution in [0.15, 0.2) is 34.7 Å². The Morgan fingerprint density at radius 2 is 1.62 bits per heavy atom. The first-order valence-electron chi connectivity index (χ1n) is 7.16. The van der Waals surface area contributed by atoms with Crippen LogP contribution in [0.5, 0.6) is 5.75 Å². The maximum absolute atomic E-state index is 5.92. The molecule has 2 nitrogen and oxygen atoms in total. The van der Waals surface area contributed by atoms with Crippen LogP contribution in [0.1, 0.15) is 22.5 Å². The molecule has 0 aliphatic carbocycles. The lowest BCUT2D eigenvalue weighted by Gasteiger charge is -2.12. The van der Waals surface area contributed by atoms with Crippen molar-refractivity contribution in [3.63, 3.8) is 0 Å². The number of ether oxygens (including phenoxy) is 1. The molecule has 0 bridgehead atoms.